The molecule has 2 heterocycles. The van der Waals surface area contributed by atoms with Gasteiger partial charge in [0.15, 0.2) is 5.17 Å². The van der Waals surface area contributed by atoms with E-state index in [1.54, 1.807) is 18.0 Å². The Bertz CT molecular complexity index is 1080. The second-order valence-corrected chi connectivity index (χ2v) is 7.78. The topological polar surface area (TPSA) is 45.8 Å². The lowest BCUT2D eigenvalue weighted by Crippen LogP contribution is -2.23. The Kier molecular flexibility index (Phi) is 4.92. The number of furan rings is 1. The molecular formula is C23H20N2O2S. The molecule has 1 aliphatic heterocycles. The van der Waals surface area contributed by atoms with Crippen LogP contribution in [0.3, 0.4) is 0 Å². The van der Waals surface area contributed by atoms with Gasteiger partial charge in [-0.2, -0.15) is 0 Å². The van der Waals surface area contributed by atoms with Gasteiger partial charge < -0.3 is 4.42 Å². The normalized spacial score (nSPS) is 17.1. The zero-order chi connectivity index (χ0) is 19.7. The predicted octanol–water partition coefficient (Wildman–Crippen LogP) is 5.80. The summed E-state index contributed by atoms with van der Waals surface area (Å²) in [4.78, 5) is 19.4. The standard InChI is InChI=1S/C23H20N2O2S/c1-15-4-8-17(9-5-15)20-13-12-19(27-20)14-21-22(26)25(3)23(28-21)24-18-10-6-16(2)7-11-18/h4-14H,1-3H3. The molecule has 5 heteroatoms. The van der Waals surface area contributed by atoms with Crippen LogP contribution < -0.4 is 0 Å². The summed E-state index contributed by atoms with van der Waals surface area (Å²) in [5.41, 5.74) is 4.22. The fourth-order valence-corrected chi connectivity index (χ4v) is 3.78. The minimum atomic E-state index is -0.0795. The molecule has 0 radical (unpaired) electrons. The van der Waals surface area contributed by atoms with E-state index in [4.69, 9.17) is 4.42 Å². The molecule has 0 unspecified atom stereocenters. The highest BCUT2D eigenvalue weighted by atomic mass is 32.2. The molecule has 4 nitrogen and oxygen atoms in total. The molecule has 0 spiro atoms. The van der Waals surface area contributed by atoms with E-state index >= 15 is 0 Å². The first kappa shape index (κ1) is 18.3. The smallest absolute Gasteiger partial charge is 0.266 e. The van der Waals surface area contributed by atoms with Crippen molar-refractivity contribution >= 4 is 34.6 Å². The maximum atomic E-state index is 12.6. The highest BCUT2D eigenvalue weighted by molar-refractivity contribution is 8.18. The maximum Gasteiger partial charge on any atom is 0.266 e. The van der Waals surface area contributed by atoms with Crippen molar-refractivity contribution in [1.82, 2.24) is 4.90 Å². The Morgan fingerprint density at radius 3 is 2.25 bits per heavy atom. The van der Waals surface area contributed by atoms with Crippen LogP contribution in [0.4, 0.5) is 5.69 Å². The monoisotopic (exact) mass is 388 g/mol. The van der Waals surface area contributed by atoms with Gasteiger partial charge >= 0.3 is 0 Å². The molecule has 1 aliphatic rings. The molecule has 3 aromatic rings. The van der Waals surface area contributed by atoms with E-state index in [0.717, 1.165) is 17.0 Å². The molecule has 1 aromatic heterocycles. The lowest BCUT2D eigenvalue weighted by Gasteiger charge is -2.07. The average molecular weight is 388 g/mol. The van der Waals surface area contributed by atoms with E-state index in [1.165, 1.54) is 22.9 Å². The molecule has 0 saturated carbocycles. The largest absolute Gasteiger partial charge is 0.457 e. The van der Waals surface area contributed by atoms with Gasteiger partial charge in [-0.05, 0) is 49.9 Å². The van der Waals surface area contributed by atoms with E-state index in [-0.39, 0.29) is 5.91 Å². The van der Waals surface area contributed by atoms with Crippen LogP contribution in [-0.4, -0.2) is 23.0 Å². The van der Waals surface area contributed by atoms with Crippen LogP contribution in [0.1, 0.15) is 16.9 Å². The average Bonchev–Trinajstić information content (AvgIpc) is 3.25. The van der Waals surface area contributed by atoms with Crippen LogP contribution >= 0.6 is 11.8 Å². The Labute approximate surface area is 168 Å². The number of benzene rings is 2. The van der Waals surface area contributed by atoms with Gasteiger partial charge in [-0.3, -0.25) is 9.69 Å². The fourth-order valence-electron chi connectivity index (χ4n) is 2.81. The van der Waals surface area contributed by atoms with Crippen LogP contribution in [0.2, 0.25) is 0 Å². The molecule has 140 valence electrons. The summed E-state index contributed by atoms with van der Waals surface area (Å²) in [5.74, 6) is 1.35. The number of aryl methyl sites for hydroxylation is 2. The van der Waals surface area contributed by atoms with Gasteiger partial charge in [0.1, 0.15) is 11.5 Å². The van der Waals surface area contributed by atoms with Crippen molar-refractivity contribution in [1.29, 1.82) is 0 Å². The number of amidine groups is 1. The number of aliphatic imine (C=N–C) groups is 1. The zero-order valence-corrected chi connectivity index (χ0v) is 16.8. The molecule has 1 amide bonds. The predicted molar refractivity (Wildman–Crippen MR) is 115 cm³/mol. The number of likely N-dealkylation sites (N-methyl/N-ethyl adjacent to an activating group) is 1. The summed E-state index contributed by atoms with van der Waals surface area (Å²) >= 11 is 1.36. The number of carbonyl (C=O) groups is 1. The Balaban J connectivity index is 1.57. The van der Waals surface area contributed by atoms with Gasteiger partial charge in [0, 0.05) is 18.7 Å². The van der Waals surface area contributed by atoms with Gasteiger partial charge in [0.05, 0.1) is 10.6 Å². The highest BCUT2D eigenvalue weighted by Crippen LogP contribution is 2.34. The van der Waals surface area contributed by atoms with Crippen molar-refractivity contribution in [2.24, 2.45) is 4.99 Å². The number of nitrogens with zero attached hydrogens (tertiary/aromatic N) is 2. The maximum absolute atomic E-state index is 12.6. The SMILES string of the molecule is Cc1ccc(N=C2SC(=Cc3ccc(-c4ccc(C)cc4)o3)C(=O)N2C)cc1. The van der Waals surface area contributed by atoms with Crippen LogP contribution in [0.15, 0.2) is 75.0 Å². The van der Waals surface area contributed by atoms with E-state index in [0.29, 0.717) is 15.8 Å². The van der Waals surface area contributed by atoms with Crippen molar-refractivity contribution in [2.45, 2.75) is 13.8 Å². The lowest BCUT2D eigenvalue weighted by molar-refractivity contribution is -0.121. The molecule has 1 saturated heterocycles. The Morgan fingerprint density at radius 2 is 1.57 bits per heavy atom. The highest BCUT2D eigenvalue weighted by Gasteiger charge is 2.30. The number of carbonyl (C=O) groups excluding carboxylic acids is 1. The molecule has 1 fully saturated rings. The molecule has 0 bridgehead atoms. The van der Waals surface area contributed by atoms with Crippen LogP contribution in [0.25, 0.3) is 17.4 Å². The van der Waals surface area contributed by atoms with Crippen molar-refractivity contribution in [3.8, 4) is 11.3 Å². The first-order valence-corrected chi connectivity index (χ1v) is 9.81. The third kappa shape index (κ3) is 3.80. The number of hydrogen-bond acceptors (Lipinski definition) is 4. The minimum Gasteiger partial charge on any atom is -0.457 e. The van der Waals surface area contributed by atoms with Gasteiger partial charge in [-0.25, -0.2) is 4.99 Å². The number of amides is 1. The van der Waals surface area contributed by atoms with Gasteiger partial charge in [-0.15, -0.1) is 0 Å². The summed E-state index contributed by atoms with van der Waals surface area (Å²) in [5, 5.41) is 0.658. The third-order valence-corrected chi connectivity index (χ3v) is 5.56. The number of rotatable bonds is 3. The minimum absolute atomic E-state index is 0.0795. The van der Waals surface area contributed by atoms with Gasteiger partial charge in [0.25, 0.3) is 5.91 Å². The van der Waals surface area contributed by atoms with E-state index in [1.807, 2.05) is 55.5 Å². The van der Waals surface area contributed by atoms with Crippen LogP contribution in [0, 0.1) is 13.8 Å². The third-order valence-electron chi connectivity index (χ3n) is 4.50. The van der Waals surface area contributed by atoms with Gasteiger partial charge in [-0.1, -0.05) is 47.5 Å². The Hall–Kier alpha value is -3.05. The quantitative estimate of drug-likeness (QED) is 0.533. The molecular weight excluding hydrogens is 368 g/mol. The summed E-state index contributed by atoms with van der Waals surface area (Å²) in [6, 6.07) is 19.9. The summed E-state index contributed by atoms with van der Waals surface area (Å²) in [6.45, 7) is 4.09. The summed E-state index contributed by atoms with van der Waals surface area (Å²) in [7, 11) is 1.74. The first-order chi connectivity index (χ1) is 13.5. The second-order valence-electron chi connectivity index (χ2n) is 6.77. The summed E-state index contributed by atoms with van der Waals surface area (Å²) < 4.78 is 5.92. The molecule has 28 heavy (non-hydrogen) atoms. The van der Waals surface area contributed by atoms with Gasteiger partial charge in [0.2, 0.25) is 0 Å². The lowest BCUT2D eigenvalue weighted by atomic mass is 10.1. The van der Waals surface area contributed by atoms with Crippen molar-refractivity contribution in [3.05, 3.63) is 82.5 Å². The van der Waals surface area contributed by atoms with E-state index in [9.17, 15) is 4.79 Å². The zero-order valence-electron chi connectivity index (χ0n) is 16.0. The van der Waals surface area contributed by atoms with E-state index < -0.39 is 0 Å². The molecule has 4 rings (SSSR count). The van der Waals surface area contributed by atoms with Crippen LogP contribution in [-0.2, 0) is 4.79 Å². The summed E-state index contributed by atoms with van der Waals surface area (Å²) in [6.07, 6.45) is 1.78. The number of hydrogen-bond donors (Lipinski definition) is 0. The molecule has 0 N–H and O–H groups in total. The number of thioether (sulfide) groups is 1. The van der Waals surface area contributed by atoms with Crippen molar-refractivity contribution < 1.29 is 9.21 Å². The van der Waals surface area contributed by atoms with Crippen LogP contribution in [0.5, 0.6) is 0 Å². The molecule has 0 aliphatic carbocycles. The first-order valence-electron chi connectivity index (χ1n) is 8.99. The molecule has 0 atom stereocenters. The van der Waals surface area contributed by atoms with Crippen molar-refractivity contribution in [3.63, 3.8) is 0 Å². The van der Waals surface area contributed by atoms with E-state index in [2.05, 4.69) is 24.0 Å². The molecule has 2 aromatic carbocycles. The fraction of sp³-hybridized carbons (Fsp3) is 0.130. The Morgan fingerprint density at radius 1 is 0.929 bits per heavy atom. The second kappa shape index (κ2) is 7.52. The van der Waals surface area contributed by atoms with Crippen molar-refractivity contribution in [2.75, 3.05) is 7.05 Å².